The number of carbonyl (C=O) groups excluding carboxylic acids is 2. The fourth-order valence-electron chi connectivity index (χ4n) is 3.12. The number of carbonyl (C=O) groups is 2. The van der Waals surface area contributed by atoms with Gasteiger partial charge in [0.1, 0.15) is 5.82 Å². The van der Waals surface area contributed by atoms with Crippen molar-refractivity contribution >= 4 is 29.1 Å². The molecular weight excluding hydrogens is 369 g/mol. The van der Waals surface area contributed by atoms with Crippen LogP contribution in [0.4, 0.5) is 10.1 Å². The molecule has 138 valence electrons. The molecule has 3 rings (SSSR count). The minimum absolute atomic E-state index is 0.0808. The number of halogens is 2. The first-order valence-electron chi connectivity index (χ1n) is 8.54. The van der Waals surface area contributed by atoms with Crippen molar-refractivity contribution in [3.05, 3.63) is 64.4 Å². The lowest BCUT2D eigenvalue weighted by molar-refractivity contribution is -0.121. The standard InChI is InChI=1S/C20H17ClFN3O2/c21-16-5-2-6-17(22)18(16)20(27)25-9-7-14(8-10-25)19(26)24-15-4-1-3-13(11-15)12-23/h1-6,11,14H,7-10H2,(H,24,26). The lowest BCUT2D eigenvalue weighted by atomic mass is 9.95. The maximum atomic E-state index is 13.9. The summed E-state index contributed by atoms with van der Waals surface area (Å²) >= 11 is 5.96. The molecule has 0 atom stereocenters. The van der Waals surface area contributed by atoms with E-state index in [1.807, 2.05) is 6.07 Å². The van der Waals surface area contributed by atoms with Crippen molar-refractivity contribution in [3.8, 4) is 6.07 Å². The van der Waals surface area contributed by atoms with Crippen LogP contribution in [-0.2, 0) is 4.79 Å². The summed E-state index contributed by atoms with van der Waals surface area (Å²) in [6, 6.07) is 12.8. The smallest absolute Gasteiger partial charge is 0.258 e. The number of rotatable bonds is 3. The largest absolute Gasteiger partial charge is 0.338 e. The summed E-state index contributed by atoms with van der Waals surface area (Å²) in [5.74, 6) is -1.51. The molecule has 1 saturated heterocycles. The van der Waals surface area contributed by atoms with Gasteiger partial charge in [-0.1, -0.05) is 23.7 Å². The van der Waals surface area contributed by atoms with Gasteiger partial charge >= 0.3 is 0 Å². The van der Waals surface area contributed by atoms with E-state index in [0.29, 0.717) is 37.2 Å². The van der Waals surface area contributed by atoms with Gasteiger partial charge in [-0.3, -0.25) is 9.59 Å². The fraction of sp³-hybridized carbons (Fsp3) is 0.250. The second-order valence-electron chi connectivity index (χ2n) is 6.34. The molecule has 27 heavy (non-hydrogen) atoms. The highest BCUT2D eigenvalue weighted by molar-refractivity contribution is 6.33. The van der Waals surface area contributed by atoms with E-state index in [9.17, 15) is 14.0 Å². The third kappa shape index (κ3) is 4.26. The van der Waals surface area contributed by atoms with Crippen LogP contribution in [-0.4, -0.2) is 29.8 Å². The van der Waals surface area contributed by atoms with Crippen molar-refractivity contribution in [2.45, 2.75) is 12.8 Å². The van der Waals surface area contributed by atoms with E-state index in [1.165, 1.54) is 23.1 Å². The Morgan fingerprint density at radius 3 is 2.56 bits per heavy atom. The summed E-state index contributed by atoms with van der Waals surface area (Å²) in [5, 5.41) is 11.8. The molecule has 2 aromatic carbocycles. The van der Waals surface area contributed by atoms with E-state index in [1.54, 1.807) is 24.3 Å². The third-order valence-corrected chi connectivity index (χ3v) is 4.90. The van der Waals surface area contributed by atoms with Crippen LogP contribution in [0.25, 0.3) is 0 Å². The first-order chi connectivity index (χ1) is 13.0. The third-order valence-electron chi connectivity index (χ3n) is 4.59. The Morgan fingerprint density at radius 2 is 1.89 bits per heavy atom. The van der Waals surface area contributed by atoms with E-state index in [-0.39, 0.29) is 22.4 Å². The zero-order chi connectivity index (χ0) is 19.4. The van der Waals surface area contributed by atoms with Crippen LogP contribution >= 0.6 is 11.6 Å². The molecule has 0 spiro atoms. The summed E-state index contributed by atoms with van der Waals surface area (Å²) in [4.78, 5) is 26.5. The molecule has 0 radical (unpaired) electrons. The molecule has 0 aromatic heterocycles. The van der Waals surface area contributed by atoms with E-state index < -0.39 is 11.7 Å². The maximum Gasteiger partial charge on any atom is 0.258 e. The molecule has 1 aliphatic heterocycles. The van der Waals surface area contributed by atoms with E-state index in [4.69, 9.17) is 16.9 Å². The number of amides is 2. The van der Waals surface area contributed by atoms with Crippen molar-refractivity contribution < 1.29 is 14.0 Å². The first-order valence-corrected chi connectivity index (χ1v) is 8.91. The second-order valence-corrected chi connectivity index (χ2v) is 6.75. The highest BCUT2D eigenvalue weighted by Gasteiger charge is 2.29. The Morgan fingerprint density at radius 1 is 1.19 bits per heavy atom. The molecular formula is C20H17ClFN3O2. The molecule has 1 heterocycles. The van der Waals surface area contributed by atoms with Crippen LogP contribution in [0.3, 0.4) is 0 Å². The van der Waals surface area contributed by atoms with Crippen LogP contribution in [0.15, 0.2) is 42.5 Å². The first kappa shape index (κ1) is 18.9. The molecule has 0 saturated carbocycles. The number of anilines is 1. The zero-order valence-corrected chi connectivity index (χ0v) is 15.2. The van der Waals surface area contributed by atoms with Crippen LogP contribution < -0.4 is 5.32 Å². The predicted molar refractivity (Wildman–Crippen MR) is 99.8 cm³/mol. The number of nitriles is 1. The Balaban J connectivity index is 1.60. The van der Waals surface area contributed by atoms with Crippen molar-refractivity contribution in [3.63, 3.8) is 0 Å². The predicted octanol–water partition coefficient (Wildman–Crippen LogP) is 3.84. The van der Waals surface area contributed by atoms with Gasteiger partial charge in [-0.05, 0) is 43.2 Å². The number of hydrogen-bond donors (Lipinski definition) is 1. The molecule has 7 heteroatoms. The lowest BCUT2D eigenvalue weighted by Gasteiger charge is -2.31. The average Bonchev–Trinajstić information content (AvgIpc) is 2.68. The normalized spacial score (nSPS) is 14.5. The number of nitrogens with zero attached hydrogens (tertiary/aromatic N) is 2. The quantitative estimate of drug-likeness (QED) is 0.872. The number of benzene rings is 2. The van der Waals surface area contributed by atoms with Crippen LogP contribution in [0.1, 0.15) is 28.8 Å². The number of nitrogens with one attached hydrogen (secondary N) is 1. The number of hydrogen-bond acceptors (Lipinski definition) is 3. The lowest BCUT2D eigenvalue weighted by Crippen LogP contribution is -2.41. The molecule has 1 fully saturated rings. The SMILES string of the molecule is N#Cc1cccc(NC(=O)C2CCN(C(=O)c3c(F)cccc3Cl)CC2)c1. The summed E-state index contributed by atoms with van der Waals surface area (Å²) in [6.07, 6.45) is 0.948. The Bertz CT molecular complexity index is 897. The van der Waals surface area contributed by atoms with Gasteiger partial charge < -0.3 is 10.2 Å². The van der Waals surface area contributed by atoms with E-state index in [0.717, 1.165) is 0 Å². The van der Waals surface area contributed by atoms with Gasteiger partial charge in [-0.25, -0.2) is 4.39 Å². The molecule has 0 bridgehead atoms. The highest BCUT2D eigenvalue weighted by Crippen LogP contribution is 2.25. The monoisotopic (exact) mass is 385 g/mol. The summed E-state index contributed by atoms with van der Waals surface area (Å²) < 4.78 is 13.9. The zero-order valence-electron chi connectivity index (χ0n) is 14.4. The molecule has 0 unspecified atom stereocenters. The average molecular weight is 386 g/mol. The van der Waals surface area contributed by atoms with Gasteiger partial charge in [0, 0.05) is 24.7 Å². The van der Waals surface area contributed by atoms with Crippen LogP contribution in [0, 0.1) is 23.1 Å². The molecule has 1 N–H and O–H groups in total. The van der Waals surface area contributed by atoms with Crippen LogP contribution in [0.5, 0.6) is 0 Å². The van der Waals surface area contributed by atoms with Gasteiger partial charge in [0.2, 0.25) is 5.91 Å². The molecule has 5 nitrogen and oxygen atoms in total. The van der Waals surface area contributed by atoms with Gasteiger partial charge in [0.15, 0.2) is 0 Å². The van der Waals surface area contributed by atoms with Crippen molar-refractivity contribution in [1.29, 1.82) is 5.26 Å². The minimum atomic E-state index is -0.648. The molecule has 2 amide bonds. The Labute approximate surface area is 161 Å². The Kier molecular flexibility index (Phi) is 5.72. The van der Waals surface area contributed by atoms with E-state index >= 15 is 0 Å². The second kappa shape index (κ2) is 8.19. The highest BCUT2D eigenvalue weighted by atomic mass is 35.5. The van der Waals surface area contributed by atoms with Gasteiger partial charge in [-0.15, -0.1) is 0 Å². The summed E-state index contributed by atoms with van der Waals surface area (Å²) in [6.45, 7) is 0.694. The summed E-state index contributed by atoms with van der Waals surface area (Å²) in [5.41, 5.74) is 0.904. The molecule has 2 aromatic rings. The summed E-state index contributed by atoms with van der Waals surface area (Å²) in [7, 11) is 0. The number of piperidine rings is 1. The van der Waals surface area contributed by atoms with Gasteiger partial charge in [0.05, 0.1) is 22.2 Å². The van der Waals surface area contributed by atoms with E-state index in [2.05, 4.69) is 5.32 Å². The van der Waals surface area contributed by atoms with Crippen LogP contribution in [0.2, 0.25) is 5.02 Å². The maximum absolute atomic E-state index is 13.9. The van der Waals surface area contributed by atoms with Crippen molar-refractivity contribution in [2.75, 3.05) is 18.4 Å². The van der Waals surface area contributed by atoms with Gasteiger partial charge in [-0.2, -0.15) is 5.26 Å². The van der Waals surface area contributed by atoms with Crippen molar-refractivity contribution in [1.82, 2.24) is 4.90 Å². The molecule has 0 aliphatic carbocycles. The molecule has 1 aliphatic rings. The topological polar surface area (TPSA) is 73.2 Å². The fourth-order valence-corrected chi connectivity index (χ4v) is 3.36. The minimum Gasteiger partial charge on any atom is -0.338 e. The van der Waals surface area contributed by atoms with Crippen molar-refractivity contribution in [2.24, 2.45) is 5.92 Å². The van der Waals surface area contributed by atoms with Gasteiger partial charge in [0.25, 0.3) is 5.91 Å². The Hall–Kier alpha value is -2.91. The number of likely N-dealkylation sites (tertiary alicyclic amines) is 1.